The molecule has 100 valence electrons. The van der Waals surface area contributed by atoms with Crippen molar-refractivity contribution in [3.05, 3.63) is 59.7 Å². The zero-order valence-corrected chi connectivity index (χ0v) is 11.1. The largest absolute Gasteiger partial charge is 0.493 e. The second-order valence-corrected chi connectivity index (χ2v) is 4.82. The molecule has 0 N–H and O–H groups in total. The number of para-hydroxylation sites is 1. The molecule has 0 saturated carbocycles. The highest BCUT2D eigenvalue weighted by Gasteiger charge is 2.21. The summed E-state index contributed by atoms with van der Waals surface area (Å²) < 4.78 is 11.5. The van der Waals surface area contributed by atoms with E-state index in [2.05, 4.69) is 12.1 Å². The van der Waals surface area contributed by atoms with Crippen LogP contribution in [0.5, 0.6) is 11.5 Å². The molecule has 0 amide bonds. The Balaban J connectivity index is 1.68. The second kappa shape index (κ2) is 5.66. The zero-order chi connectivity index (χ0) is 13.8. The van der Waals surface area contributed by atoms with E-state index in [1.54, 1.807) is 12.1 Å². The average molecular weight is 265 g/mol. The van der Waals surface area contributed by atoms with Gasteiger partial charge in [0.25, 0.3) is 0 Å². The maximum atomic E-state index is 8.77. The lowest BCUT2D eigenvalue weighted by atomic mass is 9.94. The summed E-state index contributed by atoms with van der Waals surface area (Å²) in [6.07, 6.45) is 0.966. The number of fused-ring (bicyclic) bond motifs is 1. The van der Waals surface area contributed by atoms with Gasteiger partial charge in [-0.1, -0.05) is 18.2 Å². The van der Waals surface area contributed by atoms with E-state index in [0.29, 0.717) is 18.1 Å². The van der Waals surface area contributed by atoms with E-state index in [-0.39, 0.29) is 0 Å². The van der Waals surface area contributed by atoms with Crippen LogP contribution in [-0.2, 0) is 0 Å². The topological polar surface area (TPSA) is 42.2 Å². The number of hydrogen-bond acceptors (Lipinski definition) is 3. The number of rotatable bonds is 3. The molecule has 0 aromatic heterocycles. The van der Waals surface area contributed by atoms with Crippen molar-refractivity contribution in [2.45, 2.75) is 12.3 Å². The number of nitriles is 1. The van der Waals surface area contributed by atoms with Crippen molar-refractivity contribution in [2.24, 2.45) is 0 Å². The zero-order valence-electron chi connectivity index (χ0n) is 11.1. The molecule has 20 heavy (non-hydrogen) atoms. The first-order valence-corrected chi connectivity index (χ1v) is 6.71. The molecule has 1 aliphatic heterocycles. The number of benzene rings is 2. The summed E-state index contributed by atoms with van der Waals surface area (Å²) in [6.45, 7) is 1.37. The molecule has 0 radical (unpaired) electrons. The van der Waals surface area contributed by atoms with Crippen molar-refractivity contribution >= 4 is 0 Å². The Hall–Kier alpha value is -2.47. The number of hydrogen-bond donors (Lipinski definition) is 0. The van der Waals surface area contributed by atoms with Gasteiger partial charge in [0.15, 0.2) is 0 Å². The van der Waals surface area contributed by atoms with Crippen LogP contribution in [0, 0.1) is 11.3 Å². The molecule has 0 fully saturated rings. The van der Waals surface area contributed by atoms with Crippen LogP contribution in [0.2, 0.25) is 0 Å². The average Bonchev–Trinajstić information content (AvgIpc) is 2.53. The molecule has 3 rings (SSSR count). The summed E-state index contributed by atoms with van der Waals surface area (Å²) in [5, 5.41) is 8.77. The Kier molecular flexibility index (Phi) is 3.56. The van der Waals surface area contributed by atoms with Gasteiger partial charge in [0.1, 0.15) is 11.5 Å². The molecule has 0 bridgehead atoms. The molecule has 3 heteroatoms. The van der Waals surface area contributed by atoms with Gasteiger partial charge in [-0.2, -0.15) is 5.26 Å². The van der Waals surface area contributed by atoms with Crippen molar-refractivity contribution in [3.63, 3.8) is 0 Å². The minimum atomic E-state index is 0.357. The molecule has 0 saturated heterocycles. The van der Waals surface area contributed by atoms with E-state index >= 15 is 0 Å². The summed E-state index contributed by atoms with van der Waals surface area (Å²) >= 11 is 0. The van der Waals surface area contributed by atoms with Gasteiger partial charge in [0, 0.05) is 11.5 Å². The van der Waals surface area contributed by atoms with Gasteiger partial charge >= 0.3 is 0 Å². The quantitative estimate of drug-likeness (QED) is 0.853. The van der Waals surface area contributed by atoms with Crippen LogP contribution in [0.1, 0.15) is 23.5 Å². The smallest absolute Gasteiger partial charge is 0.122 e. The van der Waals surface area contributed by atoms with Crippen molar-refractivity contribution in [1.82, 2.24) is 0 Å². The lowest BCUT2D eigenvalue weighted by Gasteiger charge is -2.25. The molecule has 0 aliphatic carbocycles. The lowest BCUT2D eigenvalue weighted by Crippen LogP contribution is -2.19. The molecule has 1 atom stereocenters. The van der Waals surface area contributed by atoms with E-state index in [4.69, 9.17) is 14.7 Å². The van der Waals surface area contributed by atoms with Crippen molar-refractivity contribution in [3.8, 4) is 17.6 Å². The molecule has 2 aromatic carbocycles. The monoisotopic (exact) mass is 265 g/mol. The van der Waals surface area contributed by atoms with Gasteiger partial charge in [-0.25, -0.2) is 0 Å². The van der Waals surface area contributed by atoms with Crippen LogP contribution in [0.3, 0.4) is 0 Å². The summed E-state index contributed by atoms with van der Waals surface area (Å²) in [5.41, 5.74) is 1.86. The Labute approximate surface area is 118 Å². The SMILES string of the molecule is N#Cc1ccc(OCC2CCOc3ccccc32)cc1. The van der Waals surface area contributed by atoms with Crippen LogP contribution in [-0.4, -0.2) is 13.2 Å². The van der Waals surface area contributed by atoms with Gasteiger partial charge in [-0.15, -0.1) is 0 Å². The van der Waals surface area contributed by atoms with E-state index in [9.17, 15) is 0 Å². The second-order valence-electron chi connectivity index (χ2n) is 4.82. The van der Waals surface area contributed by atoms with Gasteiger partial charge < -0.3 is 9.47 Å². The summed E-state index contributed by atoms with van der Waals surface area (Å²) in [7, 11) is 0. The maximum absolute atomic E-state index is 8.77. The van der Waals surface area contributed by atoms with E-state index in [1.807, 2.05) is 30.3 Å². The standard InChI is InChI=1S/C17H15NO2/c18-11-13-5-7-15(8-6-13)20-12-14-9-10-19-17-4-2-1-3-16(14)17/h1-8,14H,9-10,12H2. The van der Waals surface area contributed by atoms with Crippen molar-refractivity contribution < 1.29 is 9.47 Å². The molecule has 1 unspecified atom stereocenters. The fourth-order valence-corrected chi connectivity index (χ4v) is 2.41. The lowest BCUT2D eigenvalue weighted by molar-refractivity contribution is 0.217. The van der Waals surface area contributed by atoms with Gasteiger partial charge in [-0.05, 0) is 36.8 Å². The van der Waals surface area contributed by atoms with Gasteiger partial charge in [0.05, 0.1) is 24.8 Å². The molecule has 1 aliphatic rings. The van der Waals surface area contributed by atoms with Crippen LogP contribution < -0.4 is 9.47 Å². The van der Waals surface area contributed by atoms with Crippen LogP contribution in [0.15, 0.2) is 48.5 Å². The summed E-state index contributed by atoms with van der Waals surface area (Å²) in [4.78, 5) is 0. The van der Waals surface area contributed by atoms with E-state index in [0.717, 1.165) is 24.5 Å². The molecule has 1 heterocycles. The fourth-order valence-electron chi connectivity index (χ4n) is 2.41. The minimum Gasteiger partial charge on any atom is -0.493 e. The predicted molar refractivity (Wildman–Crippen MR) is 75.9 cm³/mol. The Morgan fingerprint density at radius 1 is 1.15 bits per heavy atom. The highest BCUT2D eigenvalue weighted by Crippen LogP contribution is 2.33. The normalized spacial score (nSPS) is 16.6. The predicted octanol–water partition coefficient (Wildman–Crippen LogP) is 3.50. The Bertz CT molecular complexity index is 628. The number of nitrogens with zero attached hydrogens (tertiary/aromatic N) is 1. The molecular formula is C17H15NO2. The van der Waals surface area contributed by atoms with Crippen LogP contribution in [0.25, 0.3) is 0 Å². The number of ether oxygens (including phenoxy) is 2. The molecular weight excluding hydrogens is 250 g/mol. The van der Waals surface area contributed by atoms with Gasteiger partial charge in [-0.3, -0.25) is 0 Å². The highest BCUT2D eigenvalue weighted by molar-refractivity contribution is 5.38. The maximum Gasteiger partial charge on any atom is 0.122 e. The van der Waals surface area contributed by atoms with Crippen molar-refractivity contribution in [2.75, 3.05) is 13.2 Å². The Morgan fingerprint density at radius 3 is 2.75 bits per heavy atom. The Morgan fingerprint density at radius 2 is 1.95 bits per heavy atom. The first-order valence-electron chi connectivity index (χ1n) is 6.71. The fraction of sp³-hybridized carbons (Fsp3) is 0.235. The van der Waals surface area contributed by atoms with E-state index in [1.165, 1.54) is 5.56 Å². The first-order chi connectivity index (χ1) is 9.86. The third kappa shape index (κ3) is 2.60. The van der Waals surface area contributed by atoms with E-state index < -0.39 is 0 Å². The highest BCUT2D eigenvalue weighted by atomic mass is 16.5. The summed E-state index contributed by atoms with van der Waals surface area (Å²) in [5.74, 6) is 2.12. The van der Waals surface area contributed by atoms with Crippen LogP contribution >= 0.6 is 0 Å². The van der Waals surface area contributed by atoms with Crippen molar-refractivity contribution in [1.29, 1.82) is 5.26 Å². The third-order valence-electron chi connectivity index (χ3n) is 3.52. The molecule has 0 spiro atoms. The van der Waals surface area contributed by atoms with Crippen LogP contribution in [0.4, 0.5) is 0 Å². The molecule has 2 aromatic rings. The minimum absolute atomic E-state index is 0.357. The summed E-state index contributed by atoms with van der Waals surface area (Å²) in [6, 6.07) is 17.4. The third-order valence-corrected chi connectivity index (χ3v) is 3.52. The first kappa shape index (κ1) is 12.6. The van der Waals surface area contributed by atoms with Gasteiger partial charge in [0.2, 0.25) is 0 Å². The molecule has 3 nitrogen and oxygen atoms in total.